The number of nitrogens with one attached hydrogen (secondary N) is 1. The Balaban J connectivity index is 1.87. The van der Waals surface area contributed by atoms with E-state index in [-0.39, 0.29) is 35.8 Å². The maximum Gasteiger partial charge on any atom is 0.416 e. The molecule has 1 fully saturated rings. The van der Waals surface area contributed by atoms with Crippen LogP contribution in [0.1, 0.15) is 41.5 Å². The minimum Gasteiger partial charge on any atom is -0.338 e. The molecule has 0 aromatic heterocycles. The molecule has 1 amide bonds. The fourth-order valence-corrected chi connectivity index (χ4v) is 4.18. The molecule has 3 nitrogen and oxygen atoms in total. The minimum atomic E-state index is -4.96. The normalized spacial score (nSPS) is 19.4. The molecular formula is C23H23F7N2O. The molecule has 1 heterocycles. The number of hydrogen-bond donors (Lipinski definition) is 1. The van der Waals surface area contributed by atoms with Crippen molar-refractivity contribution in [1.82, 2.24) is 10.2 Å². The second kappa shape index (κ2) is 9.70. The van der Waals surface area contributed by atoms with Crippen LogP contribution in [-0.4, -0.2) is 30.4 Å². The van der Waals surface area contributed by atoms with Gasteiger partial charge in [-0.2, -0.15) is 26.3 Å². The Morgan fingerprint density at radius 1 is 1.00 bits per heavy atom. The second-order valence-electron chi connectivity index (χ2n) is 8.22. The van der Waals surface area contributed by atoms with Crippen molar-refractivity contribution >= 4 is 5.91 Å². The molecule has 0 bridgehead atoms. The molecular weight excluding hydrogens is 453 g/mol. The summed E-state index contributed by atoms with van der Waals surface area (Å²) in [5, 5.41) is 3.20. The molecule has 10 heteroatoms. The van der Waals surface area contributed by atoms with Crippen LogP contribution in [0.3, 0.4) is 0 Å². The number of nitrogens with zero attached hydrogens (tertiary/aromatic N) is 1. The number of piperidine rings is 1. The quantitative estimate of drug-likeness (QED) is 0.570. The average Bonchev–Trinajstić information content (AvgIpc) is 2.73. The van der Waals surface area contributed by atoms with Gasteiger partial charge in [-0.15, -0.1) is 0 Å². The molecule has 0 radical (unpaired) electrons. The number of benzene rings is 2. The van der Waals surface area contributed by atoms with Crippen LogP contribution in [0.4, 0.5) is 30.7 Å². The number of alkyl halides is 6. The van der Waals surface area contributed by atoms with Crippen LogP contribution in [0.2, 0.25) is 0 Å². The van der Waals surface area contributed by atoms with Crippen LogP contribution >= 0.6 is 0 Å². The molecule has 33 heavy (non-hydrogen) atoms. The Hall–Kier alpha value is -2.62. The van der Waals surface area contributed by atoms with Gasteiger partial charge in [0.25, 0.3) is 0 Å². The summed E-state index contributed by atoms with van der Waals surface area (Å²) in [6.07, 6.45) is -9.22. The zero-order chi connectivity index (χ0) is 24.4. The molecule has 0 aliphatic carbocycles. The number of rotatable bonds is 5. The fourth-order valence-electron chi connectivity index (χ4n) is 4.18. The topological polar surface area (TPSA) is 32.3 Å². The number of carbonyl (C=O) groups excluding carboxylic acids is 1. The highest BCUT2D eigenvalue weighted by Gasteiger charge is 2.37. The summed E-state index contributed by atoms with van der Waals surface area (Å²) in [5.41, 5.74) is -2.22. The SMILES string of the molecule is CC(=O)N(Cc1cc(C(F)(F)F)cc(C(F)(F)F)c1)CC1CNCCC1c1ccc(F)cc1. The zero-order valence-corrected chi connectivity index (χ0v) is 17.7. The predicted molar refractivity (Wildman–Crippen MR) is 108 cm³/mol. The Morgan fingerprint density at radius 3 is 2.09 bits per heavy atom. The molecule has 1 N–H and O–H groups in total. The molecule has 2 unspecified atom stereocenters. The van der Waals surface area contributed by atoms with Crippen LogP contribution in [0.15, 0.2) is 42.5 Å². The van der Waals surface area contributed by atoms with Crippen molar-refractivity contribution in [3.8, 4) is 0 Å². The van der Waals surface area contributed by atoms with Crippen molar-refractivity contribution in [2.24, 2.45) is 5.92 Å². The molecule has 0 saturated carbocycles. The van der Waals surface area contributed by atoms with E-state index in [0.717, 1.165) is 5.56 Å². The lowest BCUT2D eigenvalue weighted by atomic mass is 9.80. The van der Waals surface area contributed by atoms with Gasteiger partial charge >= 0.3 is 12.4 Å². The van der Waals surface area contributed by atoms with Gasteiger partial charge in [0.2, 0.25) is 5.91 Å². The van der Waals surface area contributed by atoms with Gasteiger partial charge in [-0.05, 0) is 66.3 Å². The molecule has 1 aliphatic heterocycles. The van der Waals surface area contributed by atoms with Crippen molar-refractivity contribution in [3.63, 3.8) is 0 Å². The highest BCUT2D eigenvalue weighted by molar-refractivity contribution is 5.73. The number of hydrogen-bond acceptors (Lipinski definition) is 2. The monoisotopic (exact) mass is 476 g/mol. The van der Waals surface area contributed by atoms with E-state index in [4.69, 9.17) is 0 Å². The van der Waals surface area contributed by atoms with Crippen LogP contribution < -0.4 is 5.32 Å². The van der Waals surface area contributed by atoms with E-state index in [9.17, 15) is 35.5 Å². The molecule has 1 aliphatic rings. The van der Waals surface area contributed by atoms with Gasteiger partial charge in [0, 0.05) is 26.6 Å². The van der Waals surface area contributed by atoms with E-state index < -0.39 is 35.9 Å². The summed E-state index contributed by atoms with van der Waals surface area (Å²) in [6, 6.07) is 7.31. The van der Waals surface area contributed by atoms with Crippen LogP contribution in [-0.2, 0) is 23.7 Å². The first-order valence-electron chi connectivity index (χ1n) is 10.3. The molecule has 1 saturated heterocycles. The number of halogens is 7. The summed E-state index contributed by atoms with van der Waals surface area (Å²) < 4.78 is 92.5. The van der Waals surface area contributed by atoms with Crippen LogP contribution in [0, 0.1) is 11.7 Å². The molecule has 2 aromatic rings. The Labute approximate surface area is 186 Å². The standard InChI is InChI=1S/C23H23F7N2O/c1-14(33)32(12-15-8-18(22(25,26)27)10-19(9-15)23(28,29)30)13-17-11-31-7-6-21(17)16-2-4-20(24)5-3-16/h2-5,8-10,17,21,31H,6-7,11-13H2,1H3. The van der Waals surface area contributed by atoms with Gasteiger partial charge < -0.3 is 10.2 Å². The first-order chi connectivity index (χ1) is 15.3. The Kier molecular flexibility index (Phi) is 7.36. The largest absolute Gasteiger partial charge is 0.416 e. The maximum atomic E-state index is 13.3. The van der Waals surface area contributed by atoms with Gasteiger partial charge in [-0.3, -0.25) is 4.79 Å². The highest BCUT2D eigenvalue weighted by atomic mass is 19.4. The zero-order valence-electron chi connectivity index (χ0n) is 17.7. The third-order valence-electron chi connectivity index (χ3n) is 5.83. The van der Waals surface area contributed by atoms with Crippen molar-refractivity contribution in [1.29, 1.82) is 0 Å². The minimum absolute atomic E-state index is 0.0408. The third-order valence-corrected chi connectivity index (χ3v) is 5.83. The Bertz CT molecular complexity index is 938. The number of carbonyl (C=O) groups is 1. The lowest BCUT2D eigenvalue weighted by molar-refractivity contribution is -0.143. The molecule has 3 rings (SSSR count). The smallest absolute Gasteiger partial charge is 0.338 e. The van der Waals surface area contributed by atoms with Crippen molar-refractivity contribution in [2.45, 2.75) is 38.2 Å². The second-order valence-corrected chi connectivity index (χ2v) is 8.22. The predicted octanol–water partition coefficient (Wildman–Crippen LogP) is 5.61. The van der Waals surface area contributed by atoms with E-state index in [1.807, 2.05) is 0 Å². The maximum absolute atomic E-state index is 13.3. The summed E-state index contributed by atoms with van der Waals surface area (Å²) in [5.74, 6) is -1.05. The third kappa shape index (κ3) is 6.46. The van der Waals surface area contributed by atoms with Gasteiger partial charge in [0.15, 0.2) is 0 Å². The van der Waals surface area contributed by atoms with E-state index in [2.05, 4.69) is 5.32 Å². The van der Waals surface area contributed by atoms with E-state index in [1.54, 1.807) is 12.1 Å². The summed E-state index contributed by atoms with van der Waals surface area (Å²) >= 11 is 0. The number of amides is 1. The lowest BCUT2D eigenvalue weighted by Gasteiger charge is -2.36. The van der Waals surface area contributed by atoms with Crippen LogP contribution in [0.5, 0.6) is 0 Å². The highest BCUT2D eigenvalue weighted by Crippen LogP contribution is 2.37. The fraction of sp³-hybridized carbons (Fsp3) is 0.435. The van der Waals surface area contributed by atoms with Gasteiger partial charge in [0.1, 0.15) is 5.82 Å². The van der Waals surface area contributed by atoms with Gasteiger partial charge in [0.05, 0.1) is 11.1 Å². The van der Waals surface area contributed by atoms with Crippen molar-refractivity contribution < 1.29 is 35.5 Å². The van der Waals surface area contributed by atoms with Crippen molar-refractivity contribution in [3.05, 3.63) is 70.5 Å². The summed E-state index contributed by atoms with van der Waals surface area (Å²) in [4.78, 5) is 13.5. The van der Waals surface area contributed by atoms with E-state index >= 15 is 0 Å². The Morgan fingerprint density at radius 2 is 1.58 bits per heavy atom. The molecule has 180 valence electrons. The molecule has 2 aromatic carbocycles. The average molecular weight is 476 g/mol. The first kappa shape index (κ1) is 25.0. The van der Waals surface area contributed by atoms with Gasteiger partial charge in [-0.25, -0.2) is 4.39 Å². The van der Waals surface area contributed by atoms with E-state index in [1.165, 1.54) is 24.0 Å². The summed E-state index contributed by atoms with van der Waals surface area (Å²) in [7, 11) is 0. The molecule has 2 atom stereocenters. The van der Waals surface area contributed by atoms with E-state index in [0.29, 0.717) is 31.6 Å². The van der Waals surface area contributed by atoms with Crippen LogP contribution in [0.25, 0.3) is 0 Å². The summed E-state index contributed by atoms with van der Waals surface area (Å²) in [6.45, 7) is 2.15. The molecule has 0 spiro atoms. The lowest BCUT2D eigenvalue weighted by Crippen LogP contribution is -2.43. The van der Waals surface area contributed by atoms with Gasteiger partial charge in [-0.1, -0.05) is 12.1 Å². The van der Waals surface area contributed by atoms with Crippen molar-refractivity contribution in [2.75, 3.05) is 19.6 Å². The first-order valence-corrected chi connectivity index (χ1v) is 10.3.